The quantitative estimate of drug-likeness (QED) is 0.431. The molecule has 0 nitrogen and oxygen atoms in total. The van der Waals surface area contributed by atoms with E-state index in [2.05, 4.69) is 6.42 Å². The third kappa shape index (κ3) is 0.490. The first-order valence-electron chi connectivity index (χ1n) is 3.30. The van der Waals surface area contributed by atoms with E-state index < -0.39 is 0 Å². The molecular formula is C7H11. The summed E-state index contributed by atoms with van der Waals surface area (Å²) in [6.07, 6.45) is 8.57. The van der Waals surface area contributed by atoms with E-state index in [0.717, 1.165) is 11.8 Å². The molecule has 39 valence electrons. The van der Waals surface area contributed by atoms with Gasteiger partial charge in [0.05, 0.1) is 0 Å². The Morgan fingerprint density at radius 1 is 0.857 bits per heavy atom. The van der Waals surface area contributed by atoms with Crippen molar-refractivity contribution in [3.05, 3.63) is 6.42 Å². The van der Waals surface area contributed by atoms with Crippen molar-refractivity contribution in [1.29, 1.82) is 0 Å². The first kappa shape index (κ1) is 3.94. The van der Waals surface area contributed by atoms with Crippen LogP contribution in [-0.2, 0) is 0 Å². The lowest BCUT2D eigenvalue weighted by Crippen LogP contribution is -1.90. The van der Waals surface area contributed by atoms with Gasteiger partial charge in [-0.25, -0.2) is 0 Å². The molecule has 0 aliphatic heterocycles. The van der Waals surface area contributed by atoms with Crippen molar-refractivity contribution in [3.63, 3.8) is 0 Å². The van der Waals surface area contributed by atoms with Crippen LogP contribution < -0.4 is 0 Å². The molecular weight excluding hydrogens is 84.1 g/mol. The highest BCUT2D eigenvalue weighted by Crippen LogP contribution is 2.42. The van der Waals surface area contributed by atoms with Gasteiger partial charge in [-0.1, -0.05) is 0 Å². The Balaban J connectivity index is 2.12. The summed E-state index contributed by atoms with van der Waals surface area (Å²) in [5, 5.41) is 0. The van der Waals surface area contributed by atoms with Gasteiger partial charge in [-0.15, -0.1) is 0 Å². The van der Waals surface area contributed by atoms with E-state index in [1.807, 2.05) is 0 Å². The van der Waals surface area contributed by atoms with Crippen LogP contribution in [0.1, 0.15) is 25.7 Å². The van der Waals surface area contributed by atoms with Crippen LogP contribution in [0.2, 0.25) is 0 Å². The number of fused-ring (bicyclic) bond motifs is 2. The Morgan fingerprint density at radius 3 is 1.43 bits per heavy atom. The van der Waals surface area contributed by atoms with Gasteiger partial charge in [0.2, 0.25) is 0 Å². The van der Waals surface area contributed by atoms with E-state index in [4.69, 9.17) is 0 Å². The second-order valence-corrected chi connectivity index (χ2v) is 2.87. The van der Waals surface area contributed by atoms with Gasteiger partial charge in [-0.3, -0.25) is 0 Å². The van der Waals surface area contributed by atoms with Gasteiger partial charge in [-0.05, 0) is 43.9 Å². The molecule has 7 heavy (non-hydrogen) atoms. The van der Waals surface area contributed by atoms with Crippen LogP contribution in [0.3, 0.4) is 0 Å². The molecule has 0 aromatic heterocycles. The average molecular weight is 95.2 g/mol. The predicted octanol–water partition coefficient (Wildman–Crippen LogP) is 2.01. The molecule has 0 aromatic carbocycles. The second-order valence-electron chi connectivity index (χ2n) is 2.87. The average Bonchev–Trinajstić information content (AvgIpc) is 2.22. The number of hydrogen-bond acceptors (Lipinski definition) is 0. The highest BCUT2D eigenvalue weighted by Gasteiger charge is 2.30. The van der Waals surface area contributed by atoms with E-state index >= 15 is 0 Å². The number of hydrogen-bond donors (Lipinski definition) is 0. The maximum Gasteiger partial charge on any atom is -0.0324 e. The van der Waals surface area contributed by atoms with Crippen LogP contribution in [0.15, 0.2) is 0 Å². The van der Waals surface area contributed by atoms with E-state index in [1.54, 1.807) is 0 Å². The molecule has 0 atom stereocenters. The van der Waals surface area contributed by atoms with Crippen LogP contribution in [0.4, 0.5) is 0 Å². The monoisotopic (exact) mass is 95.1 g/mol. The summed E-state index contributed by atoms with van der Waals surface area (Å²) in [7, 11) is 0. The van der Waals surface area contributed by atoms with Crippen LogP contribution in [0.5, 0.6) is 0 Å². The van der Waals surface area contributed by atoms with Gasteiger partial charge in [-0.2, -0.15) is 0 Å². The lowest BCUT2D eigenvalue weighted by Gasteiger charge is -2.04. The van der Waals surface area contributed by atoms with Crippen molar-refractivity contribution in [3.8, 4) is 0 Å². The van der Waals surface area contributed by atoms with Crippen molar-refractivity contribution < 1.29 is 0 Å². The van der Waals surface area contributed by atoms with Gasteiger partial charge in [0.15, 0.2) is 0 Å². The molecule has 1 radical (unpaired) electrons. The van der Waals surface area contributed by atoms with Crippen molar-refractivity contribution in [2.75, 3.05) is 0 Å². The summed E-state index contributed by atoms with van der Waals surface area (Å²) in [5.74, 6) is 2.09. The minimum absolute atomic E-state index is 1.05. The van der Waals surface area contributed by atoms with Crippen LogP contribution >= 0.6 is 0 Å². The molecule has 2 rings (SSSR count). The Labute approximate surface area is 44.9 Å². The van der Waals surface area contributed by atoms with Crippen molar-refractivity contribution in [1.82, 2.24) is 0 Å². The summed E-state index contributed by atoms with van der Waals surface area (Å²) < 4.78 is 0. The van der Waals surface area contributed by atoms with Gasteiger partial charge >= 0.3 is 0 Å². The molecule has 0 heteroatoms. The fraction of sp³-hybridized carbons (Fsp3) is 0.857. The molecule has 0 N–H and O–H groups in total. The van der Waals surface area contributed by atoms with Crippen LogP contribution in [-0.4, -0.2) is 0 Å². The predicted molar refractivity (Wildman–Crippen MR) is 29.7 cm³/mol. The van der Waals surface area contributed by atoms with Gasteiger partial charge in [0.25, 0.3) is 0 Å². The van der Waals surface area contributed by atoms with Crippen LogP contribution in [0.25, 0.3) is 0 Å². The highest BCUT2D eigenvalue weighted by atomic mass is 14.4. The molecule has 2 bridgehead atoms. The molecule has 0 spiro atoms. The van der Waals surface area contributed by atoms with E-state index in [0.29, 0.717) is 0 Å². The maximum atomic E-state index is 2.56. The Hall–Kier alpha value is 0. The van der Waals surface area contributed by atoms with Crippen molar-refractivity contribution in [2.24, 2.45) is 11.8 Å². The summed E-state index contributed by atoms with van der Waals surface area (Å²) in [6.45, 7) is 0. The summed E-state index contributed by atoms with van der Waals surface area (Å²) >= 11 is 0. The zero-order chi connectivity index (χ0) is 4.69. The molecule has 0 aromatic rings. The molecule has 2 aliphatic rings. The molecule has 0 unspecified atom stereocenters. The fourth-order valence-corrected chi connectivity index (χ4v) is 1.91. The first-order chi connectivity index (χ1) is 3.45. The Morgan fingerprint density at radius 2 is 1.29 bits per heavy atom. The minimum atomic E-state index is 1.05. The highest BCUT2D eigenvalue weighted by molar-refractivity contribution is 4.97. The normalized spacial score (nSPS) is 48.0. The number of rotatable bonds is 0. The van der Waals surface area contributed by atoms with Crippen molar-refractivity contribution in [2.45, 2.75) is 25.7 Å². The van der Waals surface area contributed by atoms with Gasteiger partial charge in [0, 0.05) is 0 Å². The van der Waals surface area contributed by atoms with Crippen molar-refractivity contribution >= 4 is 0 Å². The summed E-state index contributed by atoms with van der Waals surface area (Å²) in [4.78, 5) is 0. The topological polar surface area (TPSA) is 0 Å². The molecule has 0 heterocycles. The fourth-order valence-electron chi connectivity index (χ4n) is 1.91. The molecule has 2 fully saturated rings. The first-order valence-corrected chi connectivity index (χ1v) is 3.30. The van der Waals surface area contributed by atoms with Crippen LogP contribution in [0, 0.1) is 18.3 Å². The SMILES string of the molecule is [CH]1C2CCC1CC2. The second kappa shape index (κ2) is 1.24. The third-order valence-corrected chi connectivity index (χ3v) is 2.36. The standard InChI is InChI=1S/C7H11/c1-2-7-4-3-6(1)5-7/h5-7H,1-4H2. The zero-order valence-corrected chi connectivity index (χ0v) is 4.56. The molecule has 0 saturated heterocycles. The molecule has 2 saturated carbocycles. The zero-order valence-electron chi connectivity index (χ0n) is 4.56. The Bertz CT molecular complexity index is 58.1. The third-order valence-electron chi connectivity index (χ3n) is 2.36. The van der Waals surface area contributed by atoms with E-state index in [1.165, 1.54) is 25.7 Å². The lowest BCUT2D eigenvalue weighted by atomic mass is 10.0. The Kier molecular flexibility index (Phi) is 0.697. The molecule has 2 aliphatic carbocycles. The lowest BCUT2D eigenvalue weighted by molar-refractivity contribution is 0.480. The maximum absolute atomic E-state index is 2.56. The van der Waals surface area contributed by atoms with Gasteiger partial charge in [0.1, 0.15) is 0 Å². The summed E-state index contributed by atoms with van der Waals surface area (Å²) in [5.41, 5.74) is 0. The smallest absolute Gasteiger partial charge is 0.0324 e. The van der Waals surface area contributed by atoms with Gasteiger partial charge < -0.3 is 0 Å². The van der Waals surface area contributed by atoms with E-state index in [-0.39, 0.29) is 0 Å². The van der Waals surface area contributed by atoms with E-state index in [9.17, 15) is 0 Å². The molecule has 0 amide bonds. The minimum Gasteiger partial charge on any atom is -0.0499 e. The summed E-state index contributed by atoms with van der Waals surface area (Å²) in [6, 6.07) is 0. The largest absolute Gasteiger partial charge is 0.0499 e.